The van der Waals surface area contributed by atoms with Crippen molar-refractivity contribution in [3.8, 4) is 11.6 Å². The highest BCUT2D eigenvalue weighted by Crippen LogP contribution is 2.59. The molecule has 132 valence electrons. The quantitative estimate of drug-likeness (QED) is 0.622. The van der Waals surface area contributed by atoms with Gasteiger partial charge < -0.3 is 4.74 Å². The zero-order valence-electron chi connectivity index (χ0n) is 12.6. The fourth-order valence-electron chi connectivity index (χ4n) is 2.49. The Balaban J connectivity index is 1.79. The zero-order chi connectivity index (χ0) is 18.2. The summed E-state index contributed by atoms with van der Waals surface area (Å²) in [7, 11) is 0. The van der Waals surface area contributed by atoms with Gasteiger partial charge in [-0.3, -0.25) is 10.0 Å². The Hall–Kier alpha value is -2.32. The second kappa shape index (κ2) is 6.20. The van der Waals surface area contributed by atoms with Crippen LogP contribution < -0.4 is 10.2 Å². The van der Waals surface area contributed by atoms with Crippen LogP contribution in [0.4, 0.5) is 13.2 Å². The first-order chi connectivity index (χ1) is 11.8. The van der Waals surface area contributed by atoms with Crippen molar-refractivity contribution in [1.29, 1.82) is 0 Å². The van der Waals surface area contributed by atoms with Gasteiger partial charge in [-0.2, -0.15) is 13.2 Å². The standard InChI is InChI=1S/C16H12ClF3N2O3/c17-11-7-10(15(5-6-15)16(18,19)20)2-3-12(11)25-13-4-1-9(8-21-13)14(23)22-24/h1-4,7-8,24H,5-6H2,(H,22,23). The van der Waals surface area contributed by atoms with Gasteiger partial charge in [0.2, 0.25) is 5.88 Å². The van der Waals surface area contributed by atoms with Crippen molar-refractivity contribution < 1.29 is 27.9 Å². The molecule has 0 saturated heterocycles. The van der Waals surface area contributed by atoms with Crippen LogP contribution >= 0.6 is 11.6 Å². The third-order valence-electron chi connectivity index (χ3n) is 4.09. The molecule has 1 amide bonds. The molecule has 2 N–H and O–H groups in total. The molecule has 1 aromatic heterocycles. The number of rotatable bonds is 4. The summed E-state index contributed by atoms with van der Waals surface area (Å²) in [6, 6.07) is 6.69. The Labute approximate surface area is 145 Å². The van der Waals surface area contributed by atoms with Gasteiger partial charge in [0.25, 0.3) is 5.91 Å². The molecule has 0 spiro atoms. The molecular weight excluding hydrogens is 361 g/mol. The van der Waals surface area contributed by atoms with E-state index in [1.807, 2.05) is 0 Å². The molecule has 0 bridgehead atoms. The summed E-state index contributed by atoms with van der Waals surface area (Å²) in [4.78, 5) is 15.1. The van der Waals surface area contributed by atoms with Crippen LogP contribution in [0.1, 0.15) is 28.8 Å². The zero-order valence-corrected chi connectivity index (χ0v) is 13.4. The van der Waals surface area contributed by atoms with Crippen molar-refractivity contribution in [1.82, 2.24) is 10.5 Å². The second-order valence-electron chi connectivity index (χ2n) is 5.65. The van der Waals surface area contributed by atoms with Crippen molar-refractivity contribution in [2.24, 2.45) is 0 Å². The molecular formula is C16H12ClF3N2O3. The number of carbonyl (C=O) groups is 1. The van der Waals surface area contributed by atoms with Crippen LogP contribution in [-0.2, 0) is 5.41 Å². The van der Waals surface area contributed by atoms with Gasteiger partial charge in [-0.25, -0.2) is 10.5 Å². The van der Waals surface area contributed by atoms with Gasteiger partial charge in [-0.05, 0) is 36.6 Å². The maximum absolute atomic E-state index is 13.2. The van der Waals surface area contributed by atoms with Gasteiger partial charge in [0.05, 0.1) is 16.0 Å². The Bertz CT molecular complexity index is 805. The van der Waals surface area contributed by atoms with E-state index in [-0.39, 0.29) is 40.6 Å². The molecule has 0 aliphatic heterocycles. The molecule has 1 aromatic carbocycles. The van der Waals surface area contributed by atoms with E-state index in [0.717, 1.165) is 0 Å². The number of benzene rings is 1. The highest BCUT2D eigenvalue weighted by molar-refractivity contribution is 6.32. The molecule has 0 atom stereocenters. The van der Waals surface area contributed by atoms with Crippen LogP contribution in [-0.4, -0.2) is 22.3 Å². The van der Waals surface area contributed by atoms with Crippen molar-refractivity contribution in [2.45, 2.75) is 24.4 Å². The highest BCUT2D eigenvalue weighted by atomic mass is 35.5. The van der Waals surface area contributed by atoms with Crippen molar-refractivity contribution >= 4 is 17.5 Å². The molecule has 0 radical (unpaired) electrons. The fraction of sp³-hybridized carbons (Fsp3) is 0.250. The van der Waals surface area contributed by atoms with Crippen molar-refractivity contribution in [2.75, 3.05) is 0 Å². The Morgan fingerprint density at radius 2 is 2.00 bits per heavy atom. The van der Waals surface area contributed by atoms with Crippen LogP contribution in [0.5, 0.6) is 11.6 Å². The number of aromatic nitrogens is 1. The predicted octanol–water partition coefficient (Wildman–Crippen LogP) is 4.24. The van der Waals surface area contributed by atoms with E-state index < -0.39 is 17.5 Å². The monoisotopic (exact) mass is 372 g/mol. The average Bonchev–Trinajstić information content (AvgIpc) is 3.38. The first-order valence-electron chi connectivity index (χ1n) is 7.22. The van der Waals surface area contributed by atoms with E-state index in [9.17, 15) is 18.0 Å². The van der Waals surface area contributed by atoms with Crippen LogP contribution in [0.2, 0.25) is 5.02 Å². The number of amides is 1. The molecule has 0 unspecified atom stereocenters. The molecule has 1 aliphatic rings. The smallest absolute Gasteiger partial charge is 0.398 e. The third kappa shape index (κ3) is 3.27. The van der Waals surface area contributed by atoms with E-state index in [4.69, 9.17) is 21.5 Å². The largest absolute Gasteiger partial charge is 0.437 e. The van der Waals surface area contributed by atoms with E-state index in [1.54, 1.807) is 0 Å². The van der Waals surface area contributed by atoms with E-state index in [1.165, 1.54) is 42.0 Å². The Morgan fingerprint density at radius 1 is 1.28 bits per heavy atom. The molecule has 9 heteroatoms. The summed E-state index contributed by atoms with van der Waals surface area (Å²) in [6.07, 6.45) is -3.05. The van der Waals surface area contributed by atoms with Crippen molar-refractivity contribution in [3.63, 3.8) is 0 Å². The predicted molar refractivity (Wildman–Crippen MR) is 82.0 cm³/mol. The van der Waals surface area contributed by atoms with Gasteiger partial charge in [0.15, 0.2) is 0 Å². The lowest BCUT2D eigenvalue weighted by Crippen LogP contribution is -2.28. The molecule has 1 heterocycles. The van der Waals surface area contributed by atoms with E-state index in [2.05, 4.69) is 4.98 Å². The molecule has 5 nitrogen and oxygen atoms in total. The molecule has 1 fully saturated rings. The summed E-state index contributed by atoms with van der Waals surface area (Å²) in [5.41, 5.74) is -0.128. The number of pyridine rings is 1. The number of hydrogen-bond acceptors (Lipinski definition) is 4. The summed E-state index contributed by atoms with van der Waals surface area (Å²) in [6.45, 7) is 0. The minimum absolute atomic E-state index is 0.0343. The molecule has 25 heavy (non-hydrogen) atoms. The number of nitrogens with one attached hydrogen (secondary N) is 1. The highest BCUT2D eigenvalue weighted by Gasteiger charge is 2.64. The van der Waals surface area contributed by atoms with Crippen LogP contribution in [0, 0.1) is 0 Å². The SMILES string of the molecule is O=C(NO)c1ccc(Oc2ccc(C3(C(F)(F)F)CC3)cc2Cl)nc1. The van der Waals surface area contributed by atoms with E-state index in [0.29, 0.717) is 0 Å². The van der Waals surface area contributed by atoms with Gasteiger partial charge in [0, 0.05) is 12.3 Å². The van der Waals surface area contributed by atoms with Crippen molar-refractivity contribution in [3.05, 3.63) is 52.7 Å². The molecule has 3 rings (SSSR count). The first kappa shape index (κ1) is 17.5. The fourth-order valence-corrected chi connectivity index (χ4v) is 2.71. The normalized spacial score (nSPS) is 15.6. The van der Waals surface area contributed by atoms with Gasteiger partial charge in [0.1, 0.15) is 5.75 Å². The molecule has 2 aromatic rings. The maximum Gasteiger partial charge on any atom is 0.398 e. The number of nitrogens with zero attached hydrogens (tertiary/aromatic N) is 1. The number of halogens is 4. The lowest BCUT2D eigenvalue weighted by molar-refractivity contribution is -0.160. The molecule has 1 aliphatic carbocycles. The van der Waals surface area contributed by atoms with Crippen LogP contribution in [0.15, 0.2) is 36.5 Å². The number of alkyl halides is 3. The Morgan fingerprint density at radius 3 is 2.48 bits per heavy atom. The third-order valence-corrected chi connectivity index (χ3v) is 4.39. The first-order valence-corrected chi connectivity index (χ1v) is 7.60. The summed E-state index contributed by atoms with van der Waals surface area (Å²) in [5, 5.41) is 8.56. The summed E-state index contributed by atoms with van der Waals surface area (Å²) in [5.74, 6) is -0.486. The van der Waals surface area contributed by atoms with E-state index >= 15 is 0 Å². The summed E-state index contributed by atoms with van der Waals surface area (Å²) >= 11 is 6.05. The van der Waals surface area contributed by atoms with Gasteiger partial charge in [-0.1, -0.05) is 17.7 Å². The Kier molecular flexibility index (Phi) is 4.34. The topological polar surface area (TPSA) is 71.5 Å². The van der Waals surface area contributed by atoms with Gasteiger partial charge >= 0.3 is 6.18 Å². The maximum atomic E-state index is 13.2. The molecule has 1 saturated carbocycles. The average molecular weight is 373 g/mol. The summed E-state index contributed by atoms with van der Waals surface area (Å²) < 4.78 is 44.9. The second-order valence-corrected chi connectivity index (χ2v) is 6.06. The number of ether oxygens (including phenoxy) is 1. The lowest BCUT2D eigenvalue weighted by atomic mass is 9.95. The van der Waals surface area contributed by atoms with Crippen LogP contribution in [0.25, 0.3) is 0 Å². The minimum atomic E-state index is -4.32. The lowest BCUT2D eigenvalue weighted by Gasteiger charge is -2.20. The number of hydrogen-bond donors (Lipinski definition) is 2. The minimum Gasteiger partial charge on any atom is -0.437 e. The number of carbonyl (C=O) groups excluding carboxylic acids is 1. The number of hydroxylamine groups is 1. The van der Waals surface area contributed by atoms with Crippen LogP contribution in [0.3, 0.4) is 0 Å². The van der Waals surface area contributed by atoms with Gasteiger partial charge in [-0.15, -0.1) is 0 Å².